The largest absolute Gasteiger partial charge is 0.497 e. The van der Waals surface area contributed by atoms with Crippen LogP contribution in [-0.4, -0.2) is 46.3 Å². The zero-order valence-electron chi connectivity index (χ0n) is 12.7. The summed E-state index contributed by atoms with van der Waals surface area (Å²) in [6.07, 6.45) is 3.86. The second-order valence-electron chi connectivity index (χ2n) is 4.90. The number of ether oxygens (including phenoxy) is 1. The van der Waals surface area contributed by atoms with Crippen molar-refractivity contribution in [2.75, 3.05) is 7.11 Å². The Balaban J connectivity index is 2.87. The summed E-state index contributed by atoms with van der Waals surface area (Å²) in [5.41, 5.74) is 3.56. The van der Waals surface area contributed by atoms with E-state index in [1.807, 2.05) is 37.3 Å². The molecule has 2 aromatic carbocycles. The summed E-state index contributed by atoms with van der Waals surface area (Å²) in [5.74, 6) is 0.677. The van der Waals surface area contributed by atoms with Crippen LogP contribution in [0.1, 0.15) is 12.5 Å². The van der Waals surface area contributed by atoms with Crippen molar-refractivity contribution in [3.63, 3.8) is 0 Å². The summed E-state index contributed by atoms with van der Waals surface area (Å²) >= 11 is 0. The van der Waals surface area contributed by atoms with Gasteiger partial charge in [0.2, 0.25) is 0 Å². The lowest BCUT2D eigenvalue weighted by atomic mass is 9.59. The van der Waals surface area contributed by atoms with Crippen LogP contribution in [0.15, 0.2) is 24.3 Å². The fourth-order valence-electron chi connectivity index (χ4n) is 2.34. The van der Waals surface area contributed by atoms with Crippen LogP contribution < -0.4 is 32.1 Å². The van der Waals surface area contributed by atoms with Gasteiger partial charge in [0.25, 0.3) is 0 Å². The minimum absolute atomic E-state index is 0.203. The van der Waals surface area contributed by atoms with Crippen LogP contribution in [0, 0.1) is 0 Å². The van der Waals surface area contributed by atoms with E-state index in [9.17, 15) is 0 Å². The average Bonchev–Trinajstić information content (AvgIpc) is 2.52. The van der Waals surface area contributed by atoms with Gasteiger partial charge in [-0.3, -0.25) is 0 Å². The zero-order valence-corrected chi connectivity index (χ0v) is 12.7. The number of methoxy groups -OCH3 is 1. The van der Waals surface area contributed by atoms with Crippen molar-refractivity contribution in [2.24, 2.45) is 0 Å². The van der Waals surface area contributed by atoms with Crippen LogP contribution >= 0.6 is 0 Å². The number of hydrogen-bond acceptors (Lipinski definition) is 1. The van der Waals surface area contributed by atoms with E-state index in [0.717, 1.165) is 11.1 Å². The number of benzene rings is 2. The highest BCUT2D eigenvalue weighted by atomic mass is 16.5. The van der Waals surface area contributed by atoms with E-state index in [0.29, 0.717) is 22.2 Å². The van der Waals surface area contributed by atoms with E-state index >= 15 is 0 Å². The molecular formula is C16H11B5O. The van der Waals surface area contributed by atoms with E-state index < -0.39 is 0 Å². The third kappa shape index (κ3) is 2.79. The Morgan fingerprint density at radius 1 is 0.864 bits per heavy atom. The van der Waals surface area contributed by atoms with Crippen molar-refractivity contribution in [2.45, 2.75) is 6.92 Å². The molecule has 0 unspecified atom stereocenters. The summed E-state index contributed by atoms with van der Waals surface area (Å²) in [6.45, 7) is 1.92. The molecular weight excluding hydrogens is 262 g/mol. The molecule has 2 aromatic rings. The second-order valence-corrected chi connectivity index (χ2v) is 4.90. The average molecular weight is 273 g/mol. The standard InChI is InChI=1S/C16H11B5O/c1-3-4-8-5-6-9(22-2)7-10(8)11-12(17)14(19)16(21)15(20)13(11)18/h3-7H,1-2H3/b4-3+. The third-order valence-electron chi connectivity index (χ3n) is 3.58. The summed E-state index contributed by atoms with van der Waals surface area (Å²) < 4.78 is 5.28. The van der Waals surface area contributed by atoms with Crippen LogP contribution in [0.5, 0.6) is 5.75 Å². The van der Waals surface area contributed by atoms with Crippen LogP contribution in [0.25, 0.3) is 17.2 Å². The maximum Gasteiger partial charge on any atom is 0.119 e. The molecule has 0 amide bonds. The Morgan fingerprint density at radius 3 is 1.91 bits per heavy atom. The molecule has 0 aliphatic carbocycles. The van der Waals surface area contributed by atoms with Gasteiger partial charge in [0.05, 0.1) is 7.11 Å². The quantitative estimate of drug-likeness (QED) is 0.610. The Kier molecular flexibility index (Phi) is 5.00. The van der Waals surface area contributed by atoms with Crippen LogP contribution in [0.2, 0.25) is 0 Å². The van der Waals surface area contributed by atoms with Gasteiger partial charge in [-0.05, 0) is 35.7 Å². The topological polar surface area (TPSA) is 9.23 Å². The molecule has 0 N–H and O–H groups in total. The first-order chi connectivity index (χ1) is 10.4. The fourth-order valence-corrected chi connectivity index (χ4v) is 2.34. The molecule has 0 saturated carbocycles. The molecule has 0 bridgehead atoms. The summed E-state index contributed by atoms with van der Waals surface area (Å²) in [7, 11) is 31.6. The van der Waals surface area contributed by atoms with Crippen molar-refractivity contribution in [3.05, 3.63) is 29.8 Å². The highest BCUT2D eigenvalue weighted by Gasteiger charge is 2.14. The fraction of sp³-hybridized carbons (Fsp3) is 0.125. The molecule has 0 saturated heterocycles. The summed E-state index contributed by atoms with van der Waals surface area (Å²) in [5, 5.41) is 0. The molecule has 10 radical (unpaired) electrons. The first-order valence-electron chi connectivity index (χ1n) is 6.74. The van der Waals surface area contributed by atoms with E-state index in [1.165, 1.54) is 0 Å². The van der Waals surface area contributed by atoms with Crippen LogP contribution in [0.4, 0.5) is 0 Å². The minimum Gasteiger partial charge on any atom is -0.497 e. The van der Waals surface area contributed by atoms with Crippen molar-refractivity contribution < 1.29 is 4.74 Å². The Bertz CT molecular complexity index is 724. The molecule has 0 aliphatic rings. The van der Waals surface area contributed by atoms with E-state index in [4.69, 9.17) is 44.0 Å². The molecule has 1 nitrogen and oxygen atoms in total. The Labute approximate surface area is 138 Å². The molecule has 6 heteroatoms. The molecule has 0 aromatic heterocycles. The highest BCUT2D eigenvalue weighted by molar-refractivity contribution is 6.68. The van der Waals surface area contributed by atoms with Gasteiger partial charge in [-0.15, -0.1) is 16.4 Å². The lowest BCUT2D eigenvalue weighted by Gasteiger charge is -2.22. The molecule has 2 rings (SSSR count). The van der Waals surface area contributed by atoms with Gasteiger partial charge < -0.3 is 4.74 Å². The molecule has 0 fully saturated rings. The number of rotatable bonds is 3. The minimum atomic E-state index is 0.203. The first kappa shape index (κ1) is 16.7. The van der Waals surface area contributed by atoms with E-state index in [2.05, 4.69) is 0 Å². The molecule has 0 heterocycles. The molecule has 0 aliphatic heterocycles. The lowest BCUT2D eigenvalue weighted by Crippen LogP contribution is -2.55. The van der Waals surface area contributed by atoms with Gasteiger partial charge in [0.15, 0.2) is 0 Å². The number of hydrogen-bond donors (Lipinski definition) is 0. The molecule has 96 valence electrons. The third-order valence-corrected chi connectivity index (χ3v) is 3.58. The van der Waals surface area contributed by atoms with Gasteiger partial charge in [0.1, 0.15) is 45.0 Å². The van der Waals surface area contributed by atoms with Crippen molar-refractivity contribution >= 4 is 72.6 Å². The lowest BCUT2D eigenvalue weighted by molar-refractivity contribution is 0.415. The van der Waals surface area contributed by atoms with Crippen molar-refractivity contribution in [3.8, 4) is 16.9 Å². The van der Waals surface area contributed by atoms with E-state index in [1.54, 1.807) is 7.11 Å². The van der Waals surface area contributed by atoms with Gasteiger partial charge >= 0.3 is 0 Å². The highest BCUT2D eigenvalue weighted by Crippen LogP contribution is 2.26. The Hall–Kier alpha value is -1.70. The zero-order chi connectivity index (χ0) is 16.4. The molecule has 22 heavy (non-hydrogen) atoms. The predicted molar refractivity (Wildman–Crippen MR) is 100 cm³/mol. The smallest absolute Gasteiger partial charge is 0.119 e. The second kappa shape index (κ2) is 6.60. The first-order valence-corrected chi connectivity index (χ1v) is 6.74. The van der Waals surface area contributed by atoms with Gasteiger partial charge in [0, 0.05) is 0 Å². The maximum atomic E-state index is 6.14. The summed E-state index contributed by atoms with van der Waals surface area (Å²) in [6, 6.07) is 5.61. The van der Waals surface area contributed by atoms with Gasteiger partial charge in [-0.2, -0.15) is 0 Å². The van der Waals surface area contributed by atoms with Gasteiger partial charge in [-0.25, -0.2) is 0 Å². The van der Waals surface area contributed by atoms with Crippen LogP contribution in [0.3, 0.4) is 0 Å². The predicted octanol–water partition coefficient (Wildman–Crippen LogP) is -1.64. The SMILES string of the molecule is [B]c1c([B])c([B])c(-c2cc(OC)ccc2/C=C/C)c([B])c1[B]. The number of allylic oxidation sites excluding steroid dienone is 1. The van der Waals surface area contributed by atoms with Crippen molar-refractivity contribution in [1.82, 2.24) is 0 Å². The summed E-state index contributed by atoms with van der Waals surface area (Å²) in [4.78, 5) is 0. The molecule has 0 atom stereocenters. The maximum absolute atomic E-state index is 6.14. The normalized spacial score (nSPS) is 11.0. The molecule has 0 spiro atoms. The monoisotopic (exact) mass is 274 g/mol. The van der Waals surface area contributed by atoms with E-state index in [-0.39, 0.29) is 16.4 Å². The van der Waals surface area contributed by atoms with Crippen molar-refractivity contribution in [1.29, 1.82) is 0 Å². The van der Waals surface area contributed by atoms with Crippen LogP contribution in [-0.2, 0) is 0 Å². The van der Waals surface area contributed by atoms with Gasteiger partial charge in [-0.1, -0.05) is 29.1 Å². The Morgan fingerprint density at radius 2 is 1.41 bits per heavy atom.